The first-order valence-corrected chi connectivity index (χ1v) is 31.3. The molecule has 0 radical (unpaired) electrons. The van der Waals surface area contributed by atoms with E-state index in [0.717, 1.165) is 144 Å². The van der Waals surface area contributed by atoms with Gasteiger partial charge in [0.05, 0.1) is 11.4 Å². The van der Waals surface area contributed by atoms with Crippen molar-refractivity contribution in [2.45, 2.75) is 52.4 Å². The molecule has 0 fully saturated rings. The summed E-state index contributed by atoms with van der Waals surface area (Å²) in [6.45, 7) is 13.4. The van der Waals surface area contributed by atoms with Crippen LogP contribution in [0.15, 0.2) is 279 Å². The Kier molecular flexibility index (Phi) is 14.1. The van der Waals surface area contributed by atoms with Crippen LogP contribution in [0.1, 0.15) is 52.7 Å². The Morgan fingerprint density at radius 1 is 0.196 bits per heavy atom. The van der Waals surface area contributed by atoms with E-state index in [1.54, 1.807) is 0 Å². The lowest BCUT2D eigenvalue weighted by atomic mass is 9.82. The maximum Gasteiger partial charge on any atom is 0.128 e. The summed E-state index contributed by atoms with van der Waals surface area (Å²) in [5.74, 6) is -2.68. The zero-order valence-electron chi connectivity index (χ0n) is 52.0. The number of rotatable bonds is 10. The van der Waals surface area contributed by atoms with Crippen LogP contribution in [0.5, 0.6) is 0 Å². The molecule has 0 amide bonds. The lowest BCUT2D eigenvalue weighted by Gasteiger charge is -2.27. The number of hydrogen-bond acceptors (Lipinski definition) is 2. The Morgan fingerprint density at radius 3 is 0.739 bits per heavy atom. The van der Waals surface area contributed by atoms with Gasteiger partial charge in [-0.15, -0.1) is 0 Å². The number of benzene rings is 15. The SMILES string of the molecule is CC(C)(C)c1ccc2c3cc(N(c4ccc(-c5ccc(-c6ccccc6)cc5)cc4)c4cc(F)cc(F)c4)ccc3c3cc4c5cc(C(C)(C)C)ccc5c5cc(N(c6ccc(-c7ccc(-c8ccccc8)cc7)cc6)c6cc(F)cc(F)c6)ccc5c4cc3c2c1. The lowest BCUT2D eigenvalue weighted by molar-refractivity contribution is 0.583. The second-order valence-electron chi connectivity index (χ2n) is 26.3. The summed E-state index contributed by atoms with van der Waals surface area (Å²) >= 11 is 0. The van der Waals surface area contributed by atoms with E-state index in [4.69, 9.17) is 0 Å². The lowest BCUT2D eigenvalue weighted by Crippen LogP contribution is -2.11. The van der Waals surface area contributed by atoms with Crippen LogP contribution in [0, 0.1) is 23.3 Å². The molecule has 0 atom stereocenters. The molecule has 0 spiro atoms. The fourth-order valence-corrected chi connectivity index (χ4v) is 13.5. The highest BCUT2D eigenvalue weighted by atomic mass is 19.1. The molecule has 0 heterocycles. The third-order valence-electron chi connectivity index (χ3n) is 18.3. The van der Waals surface area contributed by atoms with Gasteiger partial charge in [0, 0.05) is 34.9 Å². The van der Waals surface area contributed by atoms with Crippen LogP contribution in [-0.2, 0) is 10.8 Å². The van der Waals surface area contributed by atoms with E-state index >= 15 is 17.6 Å². The smallest absolute Gasteiger partial charge is 0.128 e. The third-order valence-corrected chi connectivity index (χ3v) is 18.3. The van der Waals surface area contributed by atoms with E-state index < -0.39 is 23.3 Å². The van der Waals surface area contributed by atoms with Gasteiger partial charge in [0.1, 0.15) is 23.3 Å². The molecule has 2 nitrogen and oxygen atoms in total. The standard InChI is InChI=1S/C86H64F4N2/c1-85(2,3)61-29-37-73-77(41-61)83-51-82-76-40-36-70(92(72-47-65(89)44-66(90)48-72)68-33-27-60(28-34-68)58-23-19-56(20-24-58)54-15-11-8-12-16-54)50-80(76)74-38-30-62(86(4,5)6)42-78(74)84(82)52-81(83)75-39-35-69(49-79(73)75)91(71-45-63(87)43-64(88)46-71)67-31-25-59(26-32-67)57-21-17-55(18-22-57)53-13-9-7-10-14-53/h7-52H,1-6H3. The summed E-state index contributed by atoms with van der Waals surface area (Å²) in [6.07, 6.45) is 0. The van der Waals surface area contributed by atoms with Crippen molar-refractivity contribution in [1.29, 1.82) is 0 Å². The Bertz CT molecular complexity index is 4980. The van der Waals surface area contributed by atoms with Gasteiger partial charge in [-0.1, -0.05) is 211 Å². The number of halogens is 4. The first-order chi connectivity index (χ1) is 44.4. The van der Waals surface area contributed by atoms with Crippen molar-refractivity contribution in [3.8, 4) is 44.5 Å². The van der Waals surface area contributed by atoms with Crippen molar-refractivity contribution >= 4 is 98.8 Å². The molecule has 15 aromatic rings. The Hall–Kier alpha value is -10.8. The predicted molar refractivity (Wildman–Crippen MR) is 380 cm³/mol. The van der Waals surface area contributed by atoms with Gasteiger partial charge in [0.15, 0.2) is 0 Å². The highest BCUT2D eigenvalue weighted by Crippen LogP contribution is 2.48. The summed E-state index contributed by atoms with van der Waals surface area (Å²) < 4.78 is 62.0. The van der Waals surface area contributed by atoms with Crippen LogP contribution >= 0.6 is 0 Å². The molecule has 446 valence electrons. The van der Waals surface area contributed by atoms with Crippen LogP contribution < -0.4 is 9.80 Å². The number of anilines is 6. The molecule has 15 aromatic carbocycles. The fraction of sp³-hybridized carbons (Fsp3) is 0.0930. The van der Waals surface area contributed by atoms with Crippen molar-refractivity contribution in [3.05, 3.63) is 313 Å². The maximum atomic E-state index is 15.5. The third kappa shape index (κ3) is 10.6. The molecular formula is C86H64F4N2. The summed E-state index contributed by atoms with van der Waals surface area (Å²) in [5.41, 5.74) is 14.3. The maximum absolute atomic E-state index is 15.5. The summed E-state index contributed by atoms with van der Waals surface area (Å²) in [5, 5.41) is 12.6. The van der Waals surface area contributed by atoms with Crippen LogP contribution in [0.4, 0.5) is 51.7 Å². The monoisotopic (exact) mass is 1200 g/mol. The van der Waals surface area contributed by atoms with E-state index in [1.807, 2.05) is 70.5 Å². The quantitative estimate of drug-likeness (QED) is 0.0765. The van der Waals surface area contributed by atoms with Crippen LogP contribution in [0.3, 0.4) is 0 Å². The number of nitrogens with zero attached hydrogens (tertiary/aromatic N) is 2. The van der Waals surface area contributed by atoms with E-state index in [-0.39, 0.29) is 10.8 Å². The van der Waals surface area contributed by atoms with Gasteiger partial charge in [-0.25, -0.2) is 17.6 Å². The van der Waals surface area contributed by atoms with Gasteiger partial charge in [-0.2, -0.15) is 0 Å². The molecule has 0 aliphatic carbocycles. The molecule has 0 saturated heterocycles. The molecule has 0 unspecified atom stereocenters. The van der Waals surface area contributed by atoms with E-state index in [9.17, 15) is 0 Å². The highest BCUT2D eigenvalue weighted by Gasteiger charge is 2.24. The minimum absolute atomic E-state index is 0.184. The van der Waals surface area contributed by atoms with Crippen molar-refractivity contribution in [2.75, 3.05) is 9.80 Å². The average molecular weight is 1200 g/mol. The molecule has 0 aliphatic heterocycles. The van der Waals surface area contributed by atoms with Gasteiger partial charge in [-0.3, -0.25) is 0 Å². The molecule has 6 heteroatoms. The summed E-state index contributed by atoms with van der Waals surface area (Å²) in [7, 11) is 0. The van der Waals surface area contributed by atoms with Gasteiger partial charge in [0.25, 0.3) is 0 Å². The largest absolute Gasteiger partial charge is 0.310 e. The molecule has 0 saturated carbocycles. The predicted octanol–water partition coefficient (Wildman–Crippen LogP) is 25.4. The zero-order chi connectivity index (χ0) is 63.2. The van der Waals surface area contributed by atoms with E-state index in [2.05, 4.69) is 224 Å². The molecule has 0 bridgehead atoms. The molecular weight excluding hydrogens is 1140 g/mol. The molecule has 92 heavy (non-hydrogen) atoms. The van der Waals surface area contributed by atoms with Crippen LogP contribution in [0.2, 0.25) is 0 Å². The summed E-state index contributed by atoms with van der Waals surface area (Å²) in [6, 6.07) is 92.4. The minimum Gasteiger partial charge on any atom is -0.310 e. The molecule has 0 aliphatic rings. The normalized spacial score (nSPS) is 12.0. The highest BCUT2D eigenvalue weighted by molar-refractivity contribution is 6.33. The van der Waals surface area contributed by atoms with E-state index in [1.165, 1.54) is 35.4 Å². The van der Waals surface area contributed by atoms with Gasteiger partial charge in [-0.05, 0) is 228 Å². The number of fused-ring (bicyclic) bond motifs is 12. The second-order valence-corrected chi connectivity index (χ2v) is 26.3. The van der Waals surface area contributed by atoms with Gasteiger partial charge in [0.2, 0.25) is 0 Å². The summed E-state index contributed by atoms with van der Waals surface area (Å²) in [4.78, 5) is 3.87. The van der Waals surface area contributed by atoms with Gasteiger partial charge < -0.3 is 9.80 Å². The fourth-order valence-electron chi connectivity index (χ4n) is 13.5. The van der Waals surface area contributed by atoms with Gasteiger partial charge >= 0.3 is 0 Å². The Balaban J connectivity index is 0.908. The zero-order valence-corrected chi connectivity index (χ0v) is 52.0. The second kappa shape index (κ2) is 22.6. The van der Waals surface area contributed by atoms with Crippen LogP contribution in [-0.4, -0.2) is 0 Å². The Labute approximate surface area is 533 Å². The molecule has 0 N–H and O–H groups in total. The number of hydrogen-bond donors (Lipinski definition) is 0. The Morgan fingerprint density at radius 2 is 0.435 bits per heavy atom. The molecule has 0 aromatic heterocycles. The van der Waals surface area contributed by atoms with Crippen molar-refractivity contribution in [1.82, 2.24) is 0 Å². The van der Waals surface area contributed by atoms with Crippen molar-refractivity contribution < 1.29 is 17.6 Å². The van der Waals surface area contributed by atoms with Crippen LogP contribution in [0.25, 0.3) is 109 Å². The van der Waals surface area contributed by atoms with E-state index in [0.29, 0.717) is 11.4 Å². The average Bonchev–Trinajstić information content (AvgIpc) is 0.712. The van der Waals surface area contributed by atoms with Crippen molar-refractivity contribution in [3.63, 3.8) is 0 Å². The van der Waals surface area contributed by atoms with Crippen molar-refractivity contribution in [2.24, 2.45) is 0 Å². The first-order valence-electron chi connectivity index (χ1n) is 31.3. The first kappa shape index (κ1) is 57.6. The molecule has 15 rings (SSSR count). The topological polar surface area (TPSA) is 6.48 Å². The minimum atomic E-state index is -0.670.